The summed E-state index contributed by atoms with van der Waals surface area (Å²) in [6, 6.07) is 1.75. The van der Waals surface area contributed by atoms with Crippen LogP contribution < -0.4 is 8.73 Å². The Hall–Kier alpha value is -1.72. The highest BCUT2D eigenvalue weighted by atomic mass is 79.9. The number of carboxylic acid groups (broad SMARTS) is 1. The van der Waals surface area contributed by atoms with E-state index >= 15 is 0 Å². The highest BCUT2D eigenvalue weighted by molar-refractivity contribution is 9.08. The summed E-state index contributed by atoms with van der Waals surface area (Å²) in [7, 11) is -4.91. The number of aromatic carboxylic acids is 1. The third-order valence-electron chi connectivity index (χ3n) is 6.04. The third-order valence-corrected chi connectivity index (χ3v) is 13.8. The van der Waals surface area contributed by atoms with Crippen molar-refractivity contribution >= 4 is 57.0 Å². The second kappa shape index (κ2) is 9.64. The van der Waals surface area contributed by atoms with Crippen molar-refractivity contribution in [2.75, 3.05) is 17.6 Å². The maximum atomic E-state index is 12.3. The maximum absolute atomic E-state index is 12.3. The van der Waals surface area contributed by atoms with E-state index in [1.807, 2.05) is 0 Å². The zero-order chi connectivity index (χ0) is 24.6. The fourth-order valence-corrected chi connectivity index (χ4v) is 10.7. The van der Waals surface area contributed by atoms with Gasteiger partial charge in [-0.2, -0.15) is 0 Å². The monoisotopic (exact) mass is 545 g/mol. The Morgan fingerprint density at radius 1 is 1.19 bits per heavy atom. The second-order valence-corrected chi connectivity index (χ2v) is 16.8. The molecule has 0 atom stereocenters. The van der Waals surface area contributed by atoms with Gasteiger partial charge < -0.3 is 9.53 Å². The van der Waals surface area contributed by atoms with E-state index in [4.69, 9.17) is 4.43 Å². The number of hydrogen-bond donors (Lipinski definition) is 1. The minimum Gasteiger partial charge on any atom is -0.540 e. The molecule has 0 aliphatic carbocycles. The number of rotatable bonds is 9. The van der Waals surface area contributed by atoms with E-state index in [1.54, 1.807) is 12.3 Å². The van der Waals surface area contributed by atoms with E-state index in [0.29, 0.717) is 16.2 Å². The minimum atomic E-state index is -3.70. The molecule has 0 aromatic carbocycles. The van der Waals surface area contributed by atoms with E-state index < -0.39 is 24.3 Å². The van der Waals surface area contributed by atoms with Gasteiger partial charge in [0.25, 0.3) is 8.32 Å². The zero-order valence-electron chi connectivity index (χ0n) is 19.8. The van der Waals surface area contributed by atoms with Crippen molar-refractivity contribution in [1.29, 1.82) is 0 Å². The summed E-state index contributed by atoms with van der Waals surface area (Å²) in [4.78, 5) is 21.1. The van der Waals surface area contributed by atoms with Crippen LogP contribution in [0.2, 0.25) is 16.6 Å². The van der Waals surface area contributed by atoms with Crippen LogP contribution in [0.1, 0.15) is 57.6 Å². The van der Waals surface area contributed by atoms with Crippen molar-refractivity contribution in [2.24, 2.45) is 0 Å². The van der Waals surface area contributed by atoms with Crippen LogP contribution in [0.25, 0.3) is 10.9 Å². The molecular formula is C21H32BrN3O5SSi. The first kappa shape index (κ1) is 26.5. The smallest absolute Gasteiger partial charge is 0.358 e. The molecule has 0 aliphatic heterocycles. The van der Waals surface area contributed by atoms with Gasteiger partial charge in [-0.25, -0.2) is 18.2 Å². The molecule has 1 N–H and O–H groups in total. The van der Waals surface area contributed by atoms with Crippen LogP contribution in [0.3, 0.4) is 0 Å². The zero-order valence-corrected chi connectivity index (χ0v) is 23.2. The average molecular weight is 547 g/mol. The Morgan fingerprint density at radius 2 is 1.72 bits per heavy atom. The van der Waals surface area contributed by atoms with E-state index in [1.165, 1.54) is 7.05 Å². The van der Waals surface area contributed by atoms with Crippen LogP contribution in [0.15, 0.2) is 12.3 Å². The van der Waals surface area contributed by atoms with Gasteiger partial charge >= 0.3 is 5.97 Å². The summed E-state index contributed by atoms with van der Waals surface area (Å²) in [5.74, 6) is -1.17. The fraction of sp³-hybridized carbons (Fsp3) is 0.571. The highest BCUT2D eigenvalue weighted by Gasteiger charge is 2.48. The van der Waals surface area contributed by atoms with E-state index in [0.717, 1.165) is 16.1 Å². The summed E-state index contributed by atoms with van der Waals surface area (Å²) in [5.41, 5.74) is 1.28. The van der Waals surface area contributed by atoms with Gasteiger partial charge in [-0.15, -0.1) is 0 Å². The molecule has 8 nitrogen and oxygen atoms in total. The molecule has 2 aromatic rings. The Morgan fingerprint density at radius 3 is 2.12 bits per heavy atom. The molecule has 32 heavy (non-hydrogen) atoms. The molecule has 0 radical (unpaired) electrons. The molecule has 0 aliphatic rings. The number of hydrogen-bond acceptors (Lipinski definition) is 6. The van der Waals surface area contributed by atoms with Crippen LogP contribution in [0.5, 0.6) is 5.75 Å². The van der Waals surface area contributed by atoms with Crippen LogP contribution in [-0.2, 0) is 15.4 Å². The lowest BCUT2D eigenvalue weighted by Gasteiger charge is -2.42. The Bertz CT molecular complexity index is 1100. The number of carbonyl (C=O) groups is 1. The fourth-order valence-electron chi connectivity index (χ4n) is 4.52. The Labute approximate surface area is 199 Å². The van der Waals surface area contributed by atoms with Crippen molar-refractivity contribution in [2.45, 2.75) is 63.5 Å². The molecule has 2 aromatic heterocycles. The molecule has 0 spiro atoms. The molecule has 178 valence electrons. The predicted octanol–water partition coefficient (Wildman–Crippen LogP) is 5.17. The standard InChI is InChI=1S/C21H32BrN3O5SSi/c1-12(2)32(13(3)4,14(5)6)30-19-17-16(15(11-22)9-10-23-17)20(24-18(19)21(26)27)25(7)31(8,28)29/h9-10,12-14H,11H2,1-8H3,(H,26,27). The minimum absolute atomic E-state index is 0.0145. The number of anilines is 1. The quantitative estimate of drug-likeness (QED) is 0.341. The van der Waals surface area contributed by atoms with Crippen LogP contribution in [0.4, 0.5) is 5.82 Å². The van der Waals surface area contributed by atoms with E-state index in [2.05, 4.69) is 67.4 Å². The predicted molar refractivity (Wildman–Crippen MR) is 134 cm³/mol. The normalized spacial score (nSPS) is 12.8. The molecule has 11 heteroatoms. The van der Waals surface area contributed by atoms with Gasteiger partial charge in [0.1, 0.15) is 5.52 Å². The van der Waals surface area contributed by atoms with Crippen molar-refractivity contribution < 1.29 is 22.7 Å². The van der Waals surface area contributed by atoms with Gasteiger partial charge in [-0.1, -0.05) is 57.5 Å². The van der Waals surface area contributed by atoms with Gasteiger partial charge in [0.15, 0.2) is 17.3 Å². The first-order chi connectivity index (χ1) is 14.7. The Balaban J connectivity index is 3.05. The van der Waals surface area contributed by atoms with Crippen LogP contribution >= 0.6 is 15.9 Å². The van der Waals surface area contributed by atoms with E-state index in [-0.39, 0.29) is 33.9 Å². The lowest BCUT2D eigenvalue weighted by molar-refractivity contribution is 0.0688. The number of nitrogens with zero attached hydrogens (tertiary/aromatic N) is 3. The molecule has 0 saturated carbocycles. The highest BCUT2D eigenvalue weighted by Crippen LogP contribution is 2.46. The lowest BCUT2D eigenvalue weighted by atomic mass is 10.1. The molecule has 2 heterocycles. The number of carboxylic acids is 1. The van der Waals surface area contributed by atoms with Crippen molar-refractivity contribution in [3.8, 4) is 5.75 Å². The summed E-state index contributed by atoms with van der Waals surface area (Å²) in [6.45, 7) is 12.6. The van der Waals surface area contributed by atoms with Gasteiger partial charge in [-0.05, 0) is 28.3 Å². The van der Waals surface area contributed by atoms with Gasteiger partial charge in [0.2, 0.25) is 10.0 Å². The van der Waals surface area contributed by atoms with Gasteiger partial charge in [0.05, 0.1) is 11.6 Å². The summed E-state index contributed by atoms with van der Waals surface area (Å²) in [6.07, 6.45) is 2.62. The average Bonchev–Trinajstić information content (AvgIpc) is 2.68. The molecular weight excluding hydrogens is 514 g/mol. The largest absolute Gasteiger partial charge is 0.540 e. The summed E-state index contributed by atoms with van der Waals surface area (Å²) in [5, 5.41) is 10.9. The molecule has 2 rings (SSSR count). The van der Waals surface area contributed by atoms with Crippen molar-refractivity contribution in [3.63, 3.8) is 0 Å². The first-order valence-electron chi connectivity index (χ1n) is 10.4. The van der Waals surface area contributed by atoms with Gasteiger partial charge in [0, 0.05) is 18.6 Å². The lowest BCUT2D eigenvalue weighted by Crippen LogP contribution is -2.51. The molecule has 0 saturated heterocycles. The number of sulfonamides is 1. The van der Waals surface area contributed by atoms with Gasteiger partial charge in [-0.3, -0.25) is 9.29 Å². The molecule has 0 amide bonds. The summed E-state index contributed by atoms with van der Waals surface area (Å²) < 4.78 is 32.4. The number of aromatic nitrogens is 2. The number of alkyl halides is 1. The third kappa shape index (κ3) is 4.65. The molecule has 0 fully saturated rings. The SMILES string of the molecule is CC(C)[Si](Oc1c(C(=O)O)nc(N(C)S(C)(=O)=O)c2c(CBr)ccnc12)(C(C)C)C(C)C. The number of fused-ring (bicyclic) bond motifs is 1. The number of pyridine rings is 2. The second-order valence-electron chi connectivity index (χ2n) is 8.90. The van der Waals surface area contributed by atoms with Crippen molar-refractivity contribution in [3.05, 3.63) is 23.5 Å². The molecule has 0 bridgehead atoms. The first-order valence-corrected chi connectivity index (χ1v) is 15.5. The van der Waals surface area contributed by atoms with E-state index in [9.17, 15) is 18.3 Å². The maximum Gasteiger partial charge on any atom is 0.358 e. The van der Waals surface area contributed by atoms with Crippen LogP contribution in [0, 0.1) is 0 Å². The topological polar surface area (TPSA) is 110 Å². The summed E-state index contributed by atoms with van der Waals surface area (Å²) >= 11 is 3.44. The number of halogens is 1. The van der Waals surface area contributed by atoms with Crippen molar-refractivity contribution in [1.82, 2.24) is 9.97 Å². The van der Waals surface area contributed by atoms with Crippen LogP contribution in [-0.4, -0.2) is 51.1 Å². The molecule has 0 unspecified atom stereocenters. The Kier molecular flexibility index (Phi) is 7.99.